The van der Waals surface area contributed by atoms with Crippen LogP contribution >= 0.6 is 0 Å². The van der Waals surface area contributed by atoms with Gasteiger partial charge in [0.1, 0.15) is 0 Å². The van der Waals surface area contributed by atoms with Crippen molar-refractivity contribution in [2.45, 2.75) is 50.6 Å². The number of esters is 1. The Balaban J connectivity index is 1.94. The quantitative estimate of drug-likeness (QED) is 0.707. The highest BCUT2D eigenvalue weighted by Crippen LogP contribution is 2.34. The van der Waals surface area contributed by atoms with Gasteiger partial charge < -0.3 is 10.1 Å². The van der Waals surface area contributed by atoms with Crippen molar-refractivity contribution >= 4 is 5.97 Å². The number of nitrogens with zero attached hydrogens (tertiary/aromatic N) is 1. The van der Waals surface area contributed by atoms with Crippen LogP contribution in [0.5, 0.6) is 0 Å². The summed E-state index contributed by atoms with van der Waals surface area (Å²) < 4.78 is 4.83. The summed E-state index contributed by atoms with van der Waals surface area (Å²) in [6.45, 7) is 5.27. The van der Waals surface area contributed by atoms with Crippen molar-refractivity contribution in [2.24, 2.45) is 0 Å². The third-order valence-corrected chi connectivity index (χ3v) is 3.91. The Morgan fingerprint density at radius 1 is 1.53 bits per heavy atom. The molecule has 1 unspecified atom stereocenters. The molecule has 2 fully saturated rings. The van der Waals surface area contributed by atoms with Crippen molar-refractivity contribution in [2.75, 3.05) is 26.7 Å². The molecule has 1 N–H and O–H groups in total. The molecule has 1 aliphatic heterocycles. The number of rotatable bonds is 6. The minimum atomic E-state index is -0.0914. The van der Waals surface area contributed by atoms with Gasteiger partial charge in [0.05, 0.1) is 13.5 Å². The maximum absolute atomic E-state index is 11.5. The van der Waals surface area contributed by atoms with E-state index in [2.05, 4.69) is 17.1 Å². The molecule has 1 heterocycles. The van der Waals surface area contributed by atoms with Crippen LogP contribution in [-0.2, 0) is 9.53 Å². The van der Waals surface area contributed by atoms with Crippen molar-refractivity contribution in [3.05, 3.63) is 0 Å². The third-order valence-electron chi connectivity index (χ3n) is 3.91. The predicted molar refractivity (Wildman–Crippen MR) is 66.9 cm³/mol. The largest absolute Gasteiger partial charge is 0.469 e. The van der Waals surface area contributed by atoms with E-state index in [0.717, 1.165) is 38.5 Å². The van der Waals surface area contributed by atoms with Crippen LogP contribution in [0.25, 0.3) is 0 Å². The SMILES string of the molecule is CCCNC1(CC(=O)OC)CCN(C2CC2)C1. The molecule has 1 aliphatic carbocycles. The molecule has 4 heteroatoms. The summed E-state index contributed by atoms with van der Waals surface area (Å²) in [5.41, 5.74) is -0.0360. The number of ether oxygens (including phenoxy) is 1. The Bertz CT molecular complexity index is 279. The van der Waals surface area contributed by atoms with Crippen LogP contribution < -0.4 is 5.32 Å². The zero-order valence-corrected chi connectivity index (χ0v) is 11.0. The first kappa shape index (κ1) is 12.8. The maximum Gasteiger partial charge on any atom is 0.307 e. The summed E-state index contributed by atoms with van der Waals surface area (Å²) in [4.78, 5) is 14.1. The number of nitrogens with one attached hydrogen (secondary N) is 1. The fourth-order valence-corrected chi connectivity index (χ4v) is 2.75. The van der Waals surface area contributed by atoms with Crippen molar-refractivity contribution < 1.29 is 9.53 Å². The molecule has 0 aromatic rings. The lowest BCUT2D eigenvalue weighted by molar-refractivity contribution is -0.142. The maximum atomic E-state index is 11.5. The molecule has 1 atom stereocenters. The van der Waals surface area contributed by atoms with Gasteiger partial charge in [-0.3, -0.25) is 9.69 Å². The van der Waals surface area contributed by atoms with Crippen LogP contribution in [0.2, 0.25) is 0 Å². The van der Waals surface area contributed by atoms with E-state index in [4.69, 9.17) is 4.74 Å². The van der Waals surface area contributed by atoms with Crippen LogP contribution in [-0.4, -0.2) is 49.2 Å². The lowest BCUT2D eigenvalue weighted by atomic mass is 9.94. The van der Waals surface area contributed by atoms with Crippen LogP contribution in [0.15, 0.2) is 0 Å². The monoisotopic (exact) mass is 240 g/mol. The fourth-order valence-electron chi connectivity index (χ4n) is 2.75. The molecule has 0 bridgehead atoms. The van der Waals surface area contributed by atoms with Crippen molar-refractivity contribution in [3.63, 3.8) is 0 Å². The lowest BCUT2D eigenvalue weighted by Crippen LogP contribution is -2.49. The number of likely N-dealkylation sites (tertiary alicyclic amines) is 1. The van der Waals surface area contributed by atoms with Gasteiger partial charge in [0.2, 0.25) is 0 Å². The Labute approximate surface area is 104 Å². The molecular formula is C13H24N2O2. The van der Waals surface area contributed by atoms with Crippen LogP contribution in [0.1, 0.15) is 39.0 Å². The third kappa shape index (κ3) is 3.19. The normalized spacial score (nSPS) is 29.5. The van der Waals surface area contributed by atoms with Crippen LogP contribution in [0.3, 0.4) is 0 Å². The predicted octanol–water partition coefficient (Wildman–Crippen LogP) is 1.16. The first-order valence-corrected chi connectivity index (χ1v) is 6.75. The van der Waals surface area contributed by atoms with Crippen molar-refractivity contribution in [1.29, 1.82) is 0 Å². The second-order valence-electron chi connectivity index (χ2n) is 5.41. The summed E-state index contributed by atoms with van der Waals surface area (Å²) >= 11 is 0. The van der Waals surface area contributed by atoms with Gasteiger partial charge >= 0.3 is 5.97 Å². The molecular weight excluding hydrogens is 216 g/mol. The first-order valence-electron chi connectivity index (χ1n) is 6.75. The van der Waals surface area contributed by atoms with E-state index in [1.807, 2.05) is 0 Å². The molecule has 0 radical (unpaired) electrons. The number of carbonyl (C=O) groups is 1. The number of methoxy groups -OCH3 is 1. The van der Waals surface area contributed by atoms with E-state index in [0.29, 0.717) is 6.42 Å². The molecule has 2 aliphatic rings. The Kier molecular flexibility index (Phi) is 4.05. The lowest BCUT2D eigenvalue weighted by Gasteiger charge is -2.30. The standard InChI is InChI=1S/C13H24N2O2/c1-3-7-14-13(9-12(16)17-2)6-8-15(10-13)11-4-5-11/h11,14H,3-10H2,1-2H3. The van der Waals surface area contributed by atoms with Crippen molar-refractivity contribution in [3.8, 4) is 0 Å². The molecule has 0 amide bonds. The van der Waals surface area contributed by atoms with Gasteiger partial charge in [0, 0.05) is 24.7 Å². The summed E-state index contributed by atoms with van der Waals surface area (Å²) in [6.07, 6.45) is 5.35. The zero-order valence-electron chi connectivity index (χ0n) is 11.0. The highest BCUT2D eigenvalue weighted by molar-refractivity contribution is 5.70. The molecule has 0 aromatic carbocycles. The van der Waals surface area contributed by atoms with Crippen molar-refractivity contribution in [1.82, 2.24) is 10.2 Å². The van der Waals surface area contributed by atoms with Gasteiger partial charge in [-0.15, -0.1) is 0 Å². The summed E-state index contributed by atoms with van der Waals surface area (Å²) in [7, 11) is 1.48. The van der Waals surface area contributed by atoms with E-state index in [9.17, 15) is 4.79 Å². The van der Waals surface area contributed by atoms with Crippen LogP contribution in [0, 0.1) is 0 Å². The van der Waals surface area contributed by atoms with Gasteiger partial charge in [-0.05, 0) is 32.2 Å². The Morgan fingerprint density at radius 3 is 2.88 bits per heavy atom. The molecule has 17 heavy (non-hydrogen) atoms. The van der Waals surface area contributed by atoms with E-state index in [-0.39, 0.29) is 11.5 Å². The van der Waals surface area contributed by atoms with Gasteiger partial charge in [0.15, 0.2) is 0 Å². The second kappa shape index (κ2) is 5.36. The van der Waals surface area contributed by atoms with E-state index < -0.39 is 0 Å². The van der Waals surface area contributed by atoms with Gasteiger partial charge in [-0.25, -0.2) is 0 Å². The number of hydrogen-bond donors (Lipinski definition) is 1. The molecule has 1 saturated heterocycles. The number of hydrogen-bond acceptors (Lipinski definition) is 4. The van der Waals surface area contributed by atoms with E-state index in [1.165, 1.54) is 20.0 Å². The van der Waals surface area contributed by atoms with Gasteiger partial charge in [-0.1, -0.05) is 6.92 Å². The molecule has 4 nitrogen and oxygen atoms in total. The Hall–Kier alpha value is -0.610. The average Bonchev–Trinajstić information content (AvgIpc) is 3.10. The minimum absolute atomic E-state index is 0.0360. The molecule has 2 rings (SSSR count). The topological polar surface area (TPSA) is 41.6 Å². The zero-order chi connectivity index (χ0) is 12.3. The molecule has 0 spiro atoms. The second-order valence-corrected chi connectivity index (χ2v) is 5.41. The van der Waals surface area contributed by atoms with Gasteiger partial charge in [-0.2, -0.15) is 0 Å². The summed E-state index contributed by atoms with van der Waals surface area (Å²) in [5, 5.41) is 3.58. The van der Waals surface area contributed by atoms with E-state index >= 15 is 0 Å². The molecule has 0 aromatic heterocycles. The summed E-state index contributed by atoms with van der Waals surface area (Å²) in [6, 6.07) is 0.790. The van der Waals surface area contributed by atoms with Crippen LogP contribution in [0.4, 0.5) is 0 Å². The fraction of sp³-hybridized carbons (Fsp3) is 0.923. The first-order chi connectivity index (χ1) is 8.19. The molecule has 1 saturated carbocycles. The average molecular weight is 240 g/mol. The Morgan fingerprint density at radius 2 is 2.29 bits per heavy atom. The smallest absolute Gasteiger partial charge is 0.307 e. The summed E-state index contributed by atoms with van der Waals surface area (Å²) in [5.74, 6) is -0.0914. The highest BCUT2D eigenvalue weighted by Gasteiger charge is 2.44. The highest BCUT2D eigenvalue weighted by atomic mass is 16.5. The molecule has 98 valence electrons. The minimum Gasteiger partial charge on any atom is -0.469 e. The van der Waals surface area contributed by atoms with E-state index in [1.54, 1.807) is 0 Å². The van der Waals surface area contributed by atoms with Gasteiger partial charge in [0.25, 0.3) is 0 Å². The number of carbonyl (C=O) groups excluding carboxylic acids is 1.